The topological polar surface area (TPSA) is 38.3 Å². The van der Waals surface area contributed by atoms with E-state index in [0.717, 1.165) is 12.1 Å². The van der Waals surface area contributed by atoms with Gasteiger partial charge in [0.2, 0.25) is 0 Å². The summed E-state index contributed by atoms with van der Waals surface area (Å²) in [6.07, 6.45) is 0.656. The highest BCUT2D eigenvalue weighted by Crippen LogP contribution is 2.11. The van der Waals surface area contributed by atoms with E-state index in [2.05, 4.69) is 5.32 Å². The first-order chi connectivity index (χ1) is 8.42. The summed E-state index contributed by atoms with van der Waals surface area (Å²) in [4.78, 5) is 12.1. The summed E-state index contributed by atoms with van der Waals surface area (Å²) in [5, 5.41) is 3.18. The SMILES string of the molecule is CCN[C@H](Cc1ccccc1)C(=O)OC(C)(C)C. The van der Waals surface area contributed by atoms with Crippen LogP contribution in [0.2, 0.25) is 0 Å². The van der Waals surface area contributed by atoms with Crippen molar-refractivity contribution in [3.63, 3.8) is 0 Å². The molecule has 0 bridgehead atoms. The van der Waals surface area contributed by atoms with Gasteiger partial charge in [-0.05, 0) is 39.3 Å². The summed E-state index contributed by atoms with van der Waals surface area (Å²) in [6.45, 7) is 8.39. The van der Waals surface area contributed by atoms with E-state index in [1.165, 1.54) is 0 Å². The molecule has 0 aliphatic carbocycles. The van der Waals surface area contributed by atoms with Crippen molar-refractivity contribution in [2.75, 3.05) is 6.54 Å². The Morgan fingerprint density at radius 3 is 2.39 bits per heavy atom. The summed E-state index contributed by atoms with van der Waals surface area (Å²) >= 11 is 0. The lowest BCUT2D eigenvalue weighted by molar-refractivity contribution is -0.157. The number of carbonyl (C=O) groups excluding carboxylic acids is 1. The van der Waals surface area contributed by atoms with Gasteiger partial charge in [0, 0.05) is 0 Å². The minimum atomic E-state index is -0.443. The molecule has 18 heavy (non-hydrogen) atoms. The van der Waals surface area contributed by atoms with Gasteiger partial charge in [0.05, 0.1) is 0 Å². The fourth-order valence-electron chi connectivity index (χ4n) is 1.71. The van der Waals surface area contributed by atoms with Crippen molar-refractivity contribution in [3.05, 3.63) is 35.9 Å². The number of carbonyl (C=O) groups is 1. The minimum Gasteiger partial charge on any atom is -0.459 e. The molecule has 0 saturated heterocycles. The number of benzene rings is 1. The van der Waals surface area contributed by atoms with Crippen LogP contribution in [0.1, 0.15) is 33.3 Å². The van der Waals surface area contributed by atoms with Gasteiger partial charge in [-0.15, -0.1) is 0 Å². The highest BCUT2D eigenvalue weighted by molar-refractivity contribution is 5.76. The van der Waals surface area contributed by atoms with E-state index < -0.39 is 5.60 Å². The van der Waals surface area contributed by atoms with Gasteiger partial charge >= 0.3 is 5.97 Å². The molecule has 0 fully saturated rings. The largest absolute Gasteiger partial charge is 0.459 e. The summed E-state index contributed by atoms with van der Waals surface area (Å²) in [5.74, 6) is -0.187. The van der Waals surface area contributed by atoms with Gasteiger partial charge in [-0.2, -0.15) is 0 Å². The van der Waals surface area contributed by atoms with Gasteiger partial charge in [0.15, 0.2) is 0 Å². The van der Waals surface area contributed by atoms with Gasteiger partial charge in [-0.1, -0.05) is 37.3 Å². The third kappa shape index (κ3) is 5.32. The van der Waals surface area contributed by atoms with Gasteiger partial charge in [0.25, 0.3) is 0 Å². The normalized spacial score (nSPS) is 13.1. The third-order valence-corrected chi connectivity index (χ3v) is 2.42. The number of hydrogen-bond acceptors (Lipinski definition) is 3. The van der Waals surface area contributed by atoms with E-state index in [4.69, 9.17) is 4.74 Å². The molecular formula is C15H23NO2. The highest BCUT2D eigenvalue weighted by Gasteiger charge is 2.24. The third-order valence-electron chi connectivity index (χ3n) is 2.42. The standard InChI is InChI=1S/C15H23NO2/c1-5-16-13(14(17)18-15(2,3)4)11-12-9-7-6-8-10-12/h6-10,13,16H,5,11H2,1-4H3/t13-/m1/s1. The Morgan fingerprint density at radius 1 is 1.28 bits per heavy atom. The Bertz CT molecular complexity index is 368. The molecule has 1 aromatic rings. The maximum Gasteiger partial charge on any atom is 0.323 e. The fraction of sp³-hybridized carbons (Fsp3) is 0.533. The Hall–Kier alpha value is -1.35. The van der Waals surface area contributed by atoms with Crippen LogP contribution in [0.15, 0.2) is 30.3 Å². The van der Waals surface area contributed by atoms with E-state index in [1.54, 1.807) is 0 Å². The maximum atomic E-state index is 12.1. The first-order valence-corrected chi connectivity index (χ1v) is 6.42. The van der Waals surface area contributed by atoms with Crippen molar-refractivity contribution in [2.24, 2.45) is 0 Å². The van der Waals surface area contributed by atoms with E-state index in [0.29, 0.717) is 6.42 Å². The second-order valence-corrected chi connectivity index (χ2v) is 5.33. The quantitative estimate of drug-likeness (QED) is 0.815. The monoisotopic (exact) mass is 249 g/mol. The molecule has 0 aliphatic heterocycles. The first kappa shape index (κ1) is 14.7. The highest BCUT2D eigenvalue weighted by atomic mass is 16.6. The number of likely N-dealkylation sites (N-methyl/N-ethyl adjacent to an activating group) is 1. The lowest BCUT2D eigenvalue weighted by Gasteiger charge is -2.24. The summed E-state index contributed by atoms with van der Waals surface area (Å²) in [6, 6.07) is 9.69. The number of esters is 1. The molecule has 0 heterocycles. The van der Waals surface area contributed by atoms with Crippen LogP contribution in [-0.2, 0) is 16.0 Å². The van der Waals surface area contributed by atoms with Gasteiger partial charge < -0.3 is 10.1 Å². The molecule has 0 radical (unpaired) electrons. The molecule has 100 valence electrons. The van der Waals surface area contributed by atoms with Crippen LogP contribution in [-0.4, -0.2) is 24.2 Å². The molecule has 0 saturated carbocycles. The van der Waals surface area contributed by atoms with Crippen LogP contribution >= 0.6 is 0 Å². The molecule has 1 N–H and O–H groups in total. The van der Waals surface area contributed by atoms with Crippen LogP contribution in [0.4, 0.5) is 0 Å². The molecule has 3 nitrogen and oxygen atoms in total. The number of hydrogen-bond donors (Lipinski definition) is 1. The Morgan fingerprint density at radius 2 is 1.89 bits per heavy atom. The van der Waals surface area contributed by atoms with Crippen LogP contribution in [0.25, 0.3) is 0 Å². The van der Waals surface area contributed by atoms with Crippen molar-refractivity contribution in [3.8, 4) is 0 Å². The fourth-order valence-corrected chi connectivity index (χ4v) is 1.71. The zero-order valence-corrected chi connectivity index (χ0v) is 11.7. The lowest BCUT2D eigenvalue weighted by atomic mass is 10.1. The van der Waals surface area contributed by atoms with E-state index in [1.807, 2.05) is 58.0 Å². The predicted octanol–water partition coefficient (Wildman–Crippen LogP) is 2.55. The average molecular weight is 249 g/mol. The van der Waals surface area contributed by atoms with Crippen molar-refractivity contribution in [2.45, 2.75) is 45.8 Å². The van der Waals surface area contributed by atoms with Gasteiger partial charge in [0.1, 0.15) is 11.6 Å². The zero-order valence-electron chi connectivity index (χ0n) is 11.7. The number of rotatable bonds is 5. The molecule has 3 heteroatoms. The second-order valence-electron chi connectivity index (χ2n) is 5.33. The smallest absolute Gasteiger partial charge is 0.323 e. The predicted molar refractivity (Wildman–Crippen MR) is 73.5 cm³/mol. The van der Waals surface area contributed by atoms with E-state index in [9.17, 15) is 4.79 Å². The van der Waals surface area contributed by atoms with E-state index in [-0.39, 0.29) is 12.0 Å². The molecule has 0 spiro atoms. The minimum absolute atomic E-state index is 0.187. The Balaban J connectivity index is 2.68. The second kappa shape index (κ2) is 6.55. The molecule has 0 unspecified atom stereocenters. The molecular weight excluding hydrogens is 226 g/mol. The summed E-state index contributed by atoms with van der Waals surface area (Å²) in [5.41, 5.74) is 0.691. The summed E-state index contributed by atoms with van der Waals surface area (Å²) < 4.78 is 5.42. The van der Waals surface area contributed by atoms with Crippen LogP contribution in [0, 0.1) is 0 Å². The Labute approximate surface area is 110 Å². The molecule has 0 aliphatic rings. The van der Waals surface area contributed by atoms with Crippen LogP contribution in [0.3, 0.4) is 0 Å². The van der Waals surface area contributed by atoms with Crippen molar-refractivity contribution < 1.29 is 9.53 Å². The van der Waals surface area contributed by atoms with E-state index >= 15 is 0 Å². The van der Waals surface area contributed by atoms with Crippen molar-refractivity contribution >= 4 is 5.97 Å². The molecule has 1 atom stereocenters. The van der Waals surface area contributed by atoms with Crippen LogP contribution < -0.4 is 5.32 Å². The molecule has 0 aromatic heterocycles. The van der Waals surface area contributed by atoms with Crippen molar-refractivity contribution in [1.82, 2.24) is 5.32 Å². The molecule has 1 aromatic carbocycles. The zero-order chi connectivity index (χ0) is 13.6. The molecule has 0 amide bonds. The van der Waals surface area contributed by atoms with Gasteiger partial charge in [-0.25, -0.2) is 0 Å². The Kier molecular flexibility index (Phi) is 5.35. The number of nitrogens with one attached hydrogen (secondary N) is 1. The molecule has 1 rings (SSSR count). The number of ether oxygens (including phenoxy) is 1. The van der Waals surface area contributed by atoms with Crippen molar-refractivity contribution in [1.29, 1.82) is 0 Å². The van der Waals surface area contributed by atoms with Crippen LogP contribution in [0.5, 0.6) is 0 Å². The first-order valence-electron chi connectivity index (χ1n) is 6.42. The lowest BCUT2D eigenvalue weighted by Crippen LogP contribution is -2.42. The van der Waals surface area contributed by atoms with Gasteiger partial charge in [-0.3, -0.25) is 4.79 Å². The summed E-state index contributed by atoms with van der Waals surface area (Å²) in [7, 11) is 0. The maximum absolute atomic E-state index is 12.1. The average Bonchev–Trinajstić information content (AvgIpc) is 2.27.